The van der Waals surface area contributed by atoms with E-state index in [4.69, 9.17) is 0 Å². The van der Waals surface area contributed by atoms with Crippen LogP contribution in [-0.2, 0) is 0 Å². The second kappa shape index (κ2) is 12.3. The first kappa shape index (κ1) is 15.8. The Morgan fingerprint density at radius 2 is 1.46 bits per heavy atom. The minimum Gasteiger partial charge on any atom is -0.295 e. The summed E-state index contributed by atoms with van der Waals surface area (Å²) < 4.78 is 0. The van der Waals surface area contributed by atoms with Crippen molar-refractivity contribution in [2.24, 2.45) is 0 Å². The SMILES string of the molecule is CC.CC(=O)c1ccccc1.II. The first-order valence-corrected chi connectivity index (χ1v) is 10.3. The second-order valence-corrected chi connectivity index (χ2v) is 1.92. The molecule has 0 aliphatic rings. The fraction of sp³-hybridized carbons (Fsp3) is 0.300. The molecule has 0 saturated heterocycles. The monoisotopic (exact) mass is 404 g/mol. The van der Waals surface area contributed by atoms with E-state index in [1.165, 1.54) is 0 Å². The lowest BCUT2D eigenvalue weighted by Crippen LogP contribution is -1.88. The quantitative estimate of drug-likeness (QED) is 0.491. The third kappa shape index (κ3) is 8.67. The van der Waals surface area contributed by atoms with Gasteiger partial charge in [0.25, 0.3) is 0 Å². The molecule has 1 aromatic rings. The smallest absolute Gasteiger partial charge is 0.159 e. The van der Waals surface area contributed by atoms with E-state index in [1.54, 1.807) is 6.92 Å². The van der Waals surface area contributed by atoms with Crippen LogP contribution in [0.3, 0.4) is 0 Å². The van der Waals surface area contributed by atoms with Gasteiger partial charge in [-0.05, 0) is 6.92 Å². The fourth-order valence-corrected chi connectivity index (χ4v) is 0.673. The van der Waals surface area contributed by atoms with Crippen molar-refractivity contribution in [2.45, 2.75) is 20.8 Å². The average Bonchev–Trinajstić information content (AvgIpc) is 2.25. The molecule has 1 rings (SSSR count). The Labute approximate surface area is 104 Å². The topological polar surface area (TPSA) is 17.1 Å². The van der Waals surface area contributed by atoms with Gasteiger partial charge in [-0.25, -0.2) is 0 Å². The summed E-state index contributed by atoms with van der Waals surface area (Å²) in [6, 6.07) is 9.23. The van der Waals surface area contributed by atoms with E-state index in [2.05, 4.69) is 37.2 Å². The molecule has 0 N–H and O–H groups in total. The first-order valence-electron chi connectivity index (χ1n) is 4.01. The van der Waals surface area contributed by atoms with E-state index in [-0.39, 0.29) is 5.78 Å². The predicted octanol–water partition coefficient (Wildman–Crippen LogP) is 4.69. The van der Waals surface area contributed by atoms with Crippen molar-refractivity contribution in [1.82, 2.24) is 0 Å². The third-order valence-corrected chi connectivity index (χ3v) is 1.18. The van der Waals surface area contributed by atoms with Crippen molar-refractivity contribution >= 4 is 43.0 Å². The van der Waals surface area contributed by atoms with E-state index in [0.29, 0.717) is 0 Å². The Balaban J connectivity index is 0. The number of hydrogen-bond acceptors (Lipinski definition) is 1. The number of carbonyl (C=O) groups excluding carboxylic acids is 1. The summed E-state index contributed by atoms with van der Waals surface area (Å²) in [7, 11) is 0. The molecule has 13 heavy (non-hydrogen) atoms. The van der Waals surface area contributed by atoms with Crippen LogP contribution >= 0.6 is 37.2 Å². The molecule has 0 atom stereocenters. The highest BCUT2D eigenvalue weighted by Gasteiger charge is 1.92. The minimum atomic E-state index is 0.121. The zero-order chi connectivity index (χ0) is 10.7. The summed E-state index contributed by atoms with van der Waals surface area (Å²) in [5, 5.41) is 0. The van der Waals surface area contributed by atoms with Gasteiger partial charge in [0.05, 0.1) is 0 Å². The van der Waals surface area contributed by atoms with Gasteiger partial charge in [-0.15, -0.1) is 0 Å². The molecule has 1 nitrogen and oxygen atoms in total. The zero-order valence-corrected chi connectivity index (χ0v) is 12.4. The molecule has 0 heterocycles. The van der Waals surface area contributed by atoms with Crippen LogP contribution in [0.2, 0.25) is 0 Å². The fourth-order valence-electron chi connectivity index (χ4n) is 0.673. The van der Waals surface area contributed by atoms with Gasteiger partial charge >= 0.3 is 0 Å². The lowest BCUT2D eigenvalue weighted by atomic mass is 10.2. The first-order chi connectivity index (χ1) is 6.30. The second-order valence-electron chi connectivity index (χ2n) is 1.92. The normalized spacial score (nSPS) is 7.15. The lowest BCUT2D eigenvalue weighted by Gasteiger charge is -1.89. The van der Waals surface area contributed by atoms with Crippen molar-refractivity contribution in [2.75, 3.05) is 0 Å². The van der Waals surface area contributed by atoms with Crippen LogP contribution in [0.15, 0.2) is 30.3 Å². The van der Waals surface area contributed by atoms with E-state index < -0.39 is 0 Å². The summed E-state index contributed by atoms with van der Waals surface area (Å²) >= 11 is 4.24. The minimum absolute atomic E-state index is 0.121. The number of halogens is 2. The number of Topliss-reactive ketones (excluding diaryl/α,β-unsaturated/α-hetero) is 1. The summed E-state index contributed by atoms with van der Waals surface area (Å²) in [5.74, 6) is 0.121. The van der Waals surface area contributed by atoms with E-state index in [9.17, 15) is 4.79 Å². The van der Waals surface area contributed by atoms with Crippen LogP contribution < -0.4 is 0 Å². The zero-order valence-electron chi connectivity index (χ0n) is 8.05. The molecule has 0 spiro atoms. The van der Waals surface area contributed by atoms with Crippen LogP contribution in [0, 0.1) is 0 Å². The summed E-state index contributed by atoms with van der Waals surface area (Å²) in [6.45, 7) is 5.56. The van der Waals surface area contributed by atoms with Crippen LogP contribution in [-0.4, -0.2) is 5.78 Å². The van der Waals surface area contributed by atoms with Crippen molar-refractivity contribution in [3.05, 3.63) is 35.9 Å². The van der Waals surface area contributed by atoms with Gasteiger partial charge in [0, 0.05) is 42.8 Å². The Hall–Kier alpha value is 0.350. The van der Waals surface area contributed by atoms with Crippen molar-refractivity contribution in [3.8, 4) is 0 Å². The molecular formula is C10H14I2O. The molecule has 0 aromatic heterocycles. The van der Waals surface area contributed by atoms with E-state index in [1.807, 2.05) is 44.2 Å². The van der Waals surface area contributed by atoms with Crippen LogP contribution in [0.5, 0.6) is 0 Å². The van der Waals surface area contributed by atoms with Crippen molar-refractivity contribution < 1.29 is 4.79 Å². The number of rotatable bonds is 1. The molecule has 0 bridgehead atoms. The highest BCUT2D eigenvalue weighted by Crippen LogP contribution is 1.97. The number of ketones is 1. The predicted molar refractivity (Wildman–Crippen MR) is 75.8 cm³/mol. The maximum absolute atomic E-state index is 10.6. The molecule has 0 unspecified atom stereocenters. The molecule has 74 valence electrons. The van der Waals surface area contributed by atoms with Gasteiger partial charge in [-0.2, -0.15) is 0 Å². The summed E-state index contributed by atoms with van der Waals surface area (Å²) in [4.78, 5) is 10.6. The third-order valence-electron chi connectivity index (χ3n) is 1.18. The molecule has 0 aliphatic heterocycles. The van der Waals surface area contributed by atoms with E-state index >= 15 is 0 Å². The highest BCUT2D eigenvalue weighted by molar-refractivity contribution is 15.0. The van der Waals surface area contributed by atoms with Gasteiger partial charge in [0.2, 0.25) is 0 Å². The highest BCUT2D eigenvalue weighted by atomic mass is 128. The molecule has 0 aliphatic carbocycles. The molecule has 3 heteroatoms. The molecule has 1 aromatic carbocycles. The van der Waals surface area contributed by atoms with Crippen LogP contribution in [0.4, 0.5) is 0 Å². The summed E-state index contributed by atoms with van der Waals surface area (Å²) in [5.41, 5.74) is 0.775. The van der Waals surface area contributed by atoms with Gasteiger partial charge in [0.15, 0.2) is 5.78 Å². The molecule has 0 radical (unpaired) electrons. The van der Waals surface area contributed by atoms with Crippen LogP contribution in [0.1, 0.15) is 31.1 Å². The lowest BCUT2D eigenvalue weighted by molar-refractivity contribution is 0.101. The number of carbonyl (C=O) groups is 1. The average molecular weight is 404 g/mol. The maximum atomic E-state index is 10.6. The van der Waals surface area contributed by atoms with Gasteiger partial charge in [0.1, 0.15) is 0 Å². The largest absolute Gasteiger partial charge is 0.295 e. The maximum Gasteiger partial charge on any atom is 0.159 e. The molecule has 0 fully saturated rings. The summed E-state index contributed by atoms with van der Waals surface area (Å²) in [6.07, 6.45) is 0. The Morgan fingerprint density at radius 3 is 1.69 bits per heavy atom. The Bertz CT molecular complexity index is 209. The van der Waals surface area contributed by atoms with Gasteiger partial charge < -0.3 is 0 Å². The van der Waals surface area contributed by atoms with E-state index in [0.717, 1.165) is 5.56 Å². The van der Waals surface area contributed by atoms with Gasteiger partial charge in [-0.3, -0.25) is 4.79 Å². The molecular weight excluding hydrogens is 390 g/mol. The Morgan fingerprint density at radius 1 is 1.08 bits per heavy atom. The molecule has 0 saturated carbocycles. The number of hydrogen-bond donors (Lipinski definition) is 0. The van der Waals surface area contributed by atoms with Crippen LogP contribution in [0.25, 0.3) is 0 Å². The van der Waals surface area contributed by atoms with Crippen molar-refractivity contribution in [1.29, 1.82) is 0 Å². The number of benzene rings is 1. The Kier molecular flexibility index (Phi) is 15.0. The van der Waals surface area contributed by atoms with Gasteiger partial charge in [-0.1, -0.05) is 44.2 Å². The standard InChI is InChI=1S/C8H8O.C2H6.I2/c1-7(9)8-5-3-2-4-6-8;2*1-2/h2-6H,1H3;1-2H3;. The molecule has 0 amide bonds. The van der Waals surface area contributed by atoms with Crippen molar-refractivity contribution in [3.63, 3.8) is 0 Å².